The Hall–Kier alpha value is -2.09. The molecule has 1 aliphatic rings. The second-order valence-electron chi connectivity index (χ2n) is 4.62. The minimum atomic E-state index is -0.753. The number of aliphatic hydroxyl groups is 1. The van der Waals surface area contributed by atoms with E-state index in [1.807, 2.05) is 0 Å². The molecule has 1 aromatic rings. The summed E-state index contributed by atoms with van der Waals surface area (Å²) in [4.78, 5) is 22.8. The number of hydrogen-bond donors (Lipinski definition) is 5. The number of rotatable bonds is 3. The molecule has 0 saturated heterocycles. The molecule has 0 aliphatic heterocycles. The van der Waals surface area contributed by atoms with Crippen molar-refractivity contribution in [3.63, 3.8) is 0 Å². The van der Waals surface area contributed by atoms with Crippen molar-refractivity contribution in [2.24, 2.45) is 5.73 Å². The third-order valence-electron chi connectivity index (χ3n) is 3.15. The fraction of sp³-hybridized carbons (Fsp3) is 0.545. The van der Waals surface area contributed by atoms with Crippen molar-refractivity contribution < 1.29 is 14.7 Å². The number of carbonyl (C=O) groups excluding carboxylic acids is 2. The van der Waals surface area contributed by atoms with E-state index in [0.717, 1.165) is 12.8 Å². The molecule has 0 spiro atoms. The van der Waals surface area contributed by atoms with Crippen molar-refractivity contribution in [2.45, 2.75) is 37.8 Å². The molecule has 1 aromatic heterocycles. The third-order valence-corrected chi connectivity index (χ3v) is 3.15. The Morgan fingerprint density at radius 1 is 1.37 bits per heavy atom. The summed E-state index contributed by atoms with van der Waals surface area (Å²) >= 11 is 0. The Bertz CT molecular complexity index is 465. The molecule has 0 aromatic carbocycles. The zero-order valence-corrected chi connectivity index (χ0v) is 10.3. The number of aromatic nitrogens is 2. The number of aromatic amines is 1. The lowest BCUT2D eigenvalue weighted by molar-refractivity contribution is 0.0864. The molecule has 0 atom stereocenters. The van der Waals surface area contributed by atoms with E-state index in [1.165, 1.54) is 6.20 Å². The predicted molar refractivity (Wildman–Crippen MR) is 67.5 cm³/mol. The summed E-state index contributed by atoms with van der Waals surface area (Å²) in [7, 11) is 0. The molecule has 104 valence electrons. The molecule has 1 heterocycles. The highest BCUT2D eigenvalue weighted by Gasteiger charge is 2.23. The Morgan fingerprint density at radius 2 is 2.05 bits per heavy atom. The first-order chi connectivity index (χ1) is 9.06. The first kappa shape index (κ1) is 13.3. The number of carbonyl (C=O) groups is 2. The fourth-order valence-corrected chi connectivity index (χ4v) is 2.16. The minimum Gasteiger partial charge on any atom is -0.393 e. The molecule has 0 radical (unpaired) electrons. The second-order valence-corrected chi connectivity index (χ2v) is 4.62. The van der Waals surface area contributed by atoms with Gasteiger partial charge in [0.15, 0.2) is 5.69 Å². The van der Waals surface area contributed by atoms with Crippen molar-refractivity contribution >= 4 is 17.6 Å². The maximum atomic E-state index is 12.0. The molecular formula is C11H17N5O3. The average Bonchev–Trinajstić information content (AvgIpc) is 2.79. The van der Waals surface area contributed by atoms with Crippen LogP contribution in [-0.2, 0) is 0 Å². The van der Waals surface area contributed by atoms with Gasteiger partial charge in [-0.3, -0.25) is 9.89 Å². The Labute approximate surface area is 109 Å². The van der Waals surface area contributed by atoms with Gasteiger partial charge in [0.1, 0.15) is 0 Å². The van der Waals surface area contributed by atoms with Crippen LogP contribution in [0.4, 0.5) is 10.5 Å². The van der Waals surface area contributed by atoms with Crippen molar-refractivity contribution in [1.82, 2.24) is 15.5 Å². The minimum absolute atomic E-state index is 0.0222. The number of H-pyrrole nitrogens is 1. The average molecular weight is 267 g/mol. The van der Waals surface area contributed by atoms with Crippen LogP contribution in [0.15, 0.2) is 6.20 Å². The van der Waals surface area contributed by atoms with E-state index < -0.39 is 6.03 Å². The van der Waals surface area contributed by atoms with Crippen LogP contribution < -0.4 is 16.4 Å². The maximum Gasteiger partial charge on any atom is 0.316 e. The number of primary amides is 1. The van der Waals surface area contributed by atoms with Crippen LogP contribution >= 0.6 is 0 Å². The van der Waals surface area contributed by atoms with Gasteiger partial charge >= 0.3 is 6.03 Å². The molecule has 2 rings (SSSR count). The van der Waals surface area contributed by atoms with Gasteiger partial charge in [0, 0.05) is 12.2 Å². The molecule has 1 fully saturated rings. The topological polar surface area (TPSA) is 133 Å². The van der Waals surface area contributed by atoms with Gasteiger partial charge in [0.2, 0.25) is 0 Å². The third kappa shape index (κ3) is 3.44. The molecule has 0 unspecified atom stereocenters. The van der Waals surface area contributed by atoms with E-state index in [1.54, 1.807) is 0 Å². The number of aliphatic hydroxyl groups excluding tert-OH is 1. The van der Waals surface area contributed by atoms with Gasteiger partial charge in [-0.25, -0.2) is 4.79 Å². The molecule has 3 amide bonds. The van der Waals surface area contributed by atoms with Crippen LogP contribution in [0.3, 0.4) is 0 Å². The number of amides is 3. The molecule has 8 nitrogen and oxygen atoms in total. The molecule has 1 aliphatic carbocycles. The molecule has 0 bridgehead atoms. The van der Waals surface area contributed by atoms with Gasteiger partial charge in [-0.15, -0.1) is 0 Å². The summed E-state index contributed by atoms with van der Waals surface area (Å²) < 4.78 is 0. The number of urea groups is 1. The summed E-state index contributed by atoms with van der Waals surface area (Å²) in [5, 5.41) is 20.9. The highest BCUT2D eigenvalue weighted by atomic mass is 16.3. The molecule has 8 heteroatoms. The SMILES string of the molecule is NC(=O)Nc1c[nH]nc1C(=O)N[C@H]1CC[C@H](O)CC1. The zero-order chi connectivity index (χ0) is 13.8. The predicted octanol–water partition coefficient (Wildman–Crippen LogP) is -0.0664. The molecule has 1 saturated carbocycles. The van der Waals surface area contributed by atoms with Gasteiger partial charge in [0.05, 0.1) is 11.8 Å². The largest absolute Gasteiger partial charge is 0.393 e. The number of nitrogens with one attached hydrogen (secondary N) is 3. The van der Waals surface area contributed by atoms with Gasteiger partial charge in [-0.1, -0.05) is 0 Å². The van der Waals surface area contributed by atoms with Crippen LogP contribution in [0.2, 0.25) is 0 Å². The zero-order valence-electron chi connectivity index (χ0n) is 10.3. The van der Waals surface area contributed by atoms with Gasteiger partial charge in [-0.2, -0.15) is 5.10 Å². The normalized spacial score (nSPS) is 22.8. The first-order valence-corrected chi connectivity index (χ1v) is 6.15. The maximum absolute atomic E-state index is 12.0. The smallest absolute Gasteiger partial charge is 0.316 e. The van der Waals surface area contributed by atoms with Crippen LogP contribution in [0, 0.1) is 0 Å². The van der Waals surface area contributed by atoms with E-state index in [0.29, 0.717) is 12.8 Å². The van der Waals surface area contributed by atoms with Gasteiger partial charge in [0.25, 0.3) is 5.91 Å². The number of nitrogens with two attached hydrogens (primary N) is 1. The van der Waals surface area contributed by atoms with Crippen LogP contribution in [-0.4, -0.2) is 39.4 Å². The van der Waals surface area contributed by atoms with Gasteiger partial charge < -0.3 is 21.5 Å². The number of hydrogen-bond acceptors (Lipinski definition) is 4. The summed E-state index contributed by atoms with van der Waals surface area (Å²) in [5.74, 6) is -0.369. The summed E-state index contributed by atoms with van der Waals surface area (Å²) in [6.45, 7) is 0. The van der Waals surface area contributed by atoms with E-state index in [9.17, 15) is 14.7 Å². The van der Waals surface area contributed by atoms with Crippen molar-refractivity contribution in [1.29, 1.82) is 0 Å². The second kappa shape index (κ2) is 5.70. The highest BCUT2D eigenvalue weighted by molar-refractivity contribution is 6.01. The lowest BCUT2D eigenvalue weighted by Gasteiger charge is -2.25. The summed E-state index contributed by atoms with van der Waals surface area (Å²) in [6, 6.07) is -0.731. The standard InChI is InChI=1S/C11H17N5O3/c12-11(19)15-8-5-13-16-9(8)10(18)14-6-1-3-7(17)4-2-6/h5-7,17H,1-4H2,(H,13,16)(H,14,18)(H3,12,15,19)/t6-,7-. The number of anilines is 1. The molecule has 19 heavy (non-hydrogen) atoms. The lowest BCUT2D eigenvalue weighted by Crippen LogP contribution is -2.39. The Balaban J connectivity index is 1.96. The van der Waals surface area contributed by atoms with Crippen LogP contribution in [0.5, 0.6) is 0 Å². The van der Waals surface area contributed by atoms with Crippen LogP contribution in [0.25, 0.3) is 0 Å². The van der Waals surface area contributed by atoms with E-state index in [4.69, 9.17) is 5.73 Å². The molecule has 6 N–H and O–H groups in total. The van der Waals surface area contributed by atoms with E-state index in [-0.39, 0.29) is 29.4 Å². The van der Waals surface area contributed by atoms with E-state index >= 15 is 0 Å². The number of nitrogens with zero attached hydrogens (tertiary/aromatic N) is 1. The summed E-state index contributed by atoms with van der Waals surface area (Å²) in [5.41, 5.74) is 5.35. The monoisotopic (exact) mass is 267 g/mol. The first-order valence-electron chi connectivity index (χ1n) is 6.15. The Morgan fingerprint density at radius 3 is 2.68 bits per heavy atom. The van der Waals surface area contributed by atoms with E-state index in [2.05, 4.69) is 20.8 Å². The van der Waals surface area contributed by atoms with Crippen molar-refractivity contribution in [3.05, 3.63) is 11.9 Å². The fourth-order valence-electron chi connectivity index (χ4n) is 2.16. The molecular weight excluding hydrogens is 250 g/mol. The highest BCUT2D eigenvalue weighted by Crippen LogP contribution is 2.19. The van der Waals surface area contributed by atoms with Crippen LogP contribution in [0.1, 0.15) is 36.2 Å². The summed E-state index contributed by atoms with van der Waals surface area (Å²) in [6.07, 6.45) is 3.94. The quantitative estimate of drug-likeness (QED) is 0.524. The van der Waals surface area contributed by atoms with Crippen molar-refractivity contribution in [3.8, 4) is 0 Å². The van der Waals surface area contributed by atoms with Gasteiger partial charge in [-0.05, 0) is 25.7 Å². The Kier molecular flexibility index (Phi) is 4.00. The van der Waals surface area contributed by atoms with Crippen molar-refractivity contribution in [2.75, 3.05) is 5.32 Å². The lowest BCUT2D eigenvalue weighted by atomic mass is 9.93.